The van der Waals surface area contributed by atoms with Crippen LogP contribution in [0.3, 0.4) is 0 Å². The number of hydrogen-bond donors (Lipinski definition) is 1. The monoisotopic (exact) mass is 248 g/mol. The Balaban J connectivity index is 2.21. The maximum absolute atomic E-state index is 13.2. The van der Waals surface area contributed by atoms with Gasteiger partial charge in [0.05, 0.1) is 5.56 Å². The van der Waals surface area contributed by atoms with E-state index in [-0.39, 0.29) is 23.1 Å². The van der Waals surface area contributed by atoms with Crippen LogP contribution in [-0.4, -0.2) is 16.1 Å². The summed E-state index contributed by atoms with van der Waals surface area (Å²) < 4.78 is 23.0. The van der Waals surface area contributed by atoms with E-state index in [2.05, 4.69) is 4.98 Å². The van der Waals surface area contributed by atoms with Crippen LogP contribution in [0.4, 0.5) is 4.39 Å². The van der Waals surface area contributed by atoms with E-state index in [4.69, 9.17) is 19.5 Å². The second-order valence-electron chi connectivity index (χ2n) is 3.16. The first kappa shape index (κ1) is 11.6. The van der Waals surface area contributed by atoms with Crippen LogP contribution in [0.1, 0.15) is 16.1 Å². The van der Waals surface area contributed by atoms with Gasteiger partial charge >= 0.3 is 12.0 Å². The molecule has 0 amide bonds. The molecule has 1 aromatic carbocycles. The van der Waals surface area contributed by atoms with E-state index in [0.717, 1.165) is 12.3 Å². The third-order valence-electron chi connectivity index (χ3n) is 1.97. The molecule has 0 radical (unpaired) electrons. The second-order valence-corrected chi connectivity index (χ2v) is 3.16. The maximum atomic E-state index is 13.2. The summed E-state index contributed by atoms with van der Waals surface area (Å²) in [5.41, 5.74) is -0.444. The third-order valence-corrected chi connectivity index (χ3v) is 1.97. The molecule has 0 spiro atoms. The molecule has 0 aliphatic carbocycles. The van der Waals surface area contributed by atoms with Crippen LogP contribution < -0.4 is 4.74 Å². The number of carboxylic acid groups (broad SMARTS) is 1. The summed E-state index contributed by atoms with van der Waals surface area (Å²) in [4.78, 5) is 14.0. The molecule has 7 heteroatoms. The number of oxazole rings is 1. The number of carbonyl (C=O) groups is 1. The highest BCUT2D eigenvalue weighted by atomic mass is 19.1. The topological polar surface area (TPSA) is 96.3 Å². The van der Waals surface area contributed by atoms with Gasteiger partial charge in [0.15, 0.2) is 5.69 Å². The van der Waals surface area contributed by atoms with E-state index in [1.807, 2.05) is 0 Å². The molecule has 0 atom stereocenters. The van der Waals surface area contributed by atoms with Crippen molar-refractivity contribution in [2.24, 2.45) is 0 Å². The SMILES string of the molecule is N#Cc1ccc(Oc2nc(C(=O)O)co2)cc1F. The number of nitriles is 1. The molecule has 0 aliphatic heterocycles. The molecule has 1 aromatic heterocycles. The summed E-state index contributed by atoms with van der Waals surface area (Å²) in [5.74, 6) is -1.97. The molecule has 1 N–H and O–H groups in total. The van der Waals surface area contributed by atoms with Crippen molar-refractivity contribution in [2.45, 2.75) is 0 Å². The van der Waals surface area contributed by atoms with Crippen molar-refractivity contribution in [1.29, 1.82) is 5.26 Å². The molecule has 0 aliphatic rings. The van der Waals surface area contributed by atoms with Crippen LogP contribution in [0.15, 0.2) is 28.9 Å². The standard InChI is InChI=1S/C11H5FN2O4/c12-8-3-7(2-1-6(8)4-13)18-11-14-9(5-17-11)10(15)16/h1-3,5H,(H,15,16). The van der Waals surface area contributed by atoms with Gasteiger partial charge in [0.25, 0.3) is 0 Å². The highest BCUT2D eigenvalue weighted by Crippen LogP contribution is 2.22. The van der Waals surface area contributed by atoms with Crippen LogP contribution in [0, 0.1) is 17.1 Å². The second kappa shape index (κ2) is 4.55. The Labute approximate surface area is 99.9 Å². The Morgan fingerprint density at radius 2 is 2.33 bits per heavy atom. The van der Waals surface area contributed by atoms with Gasteiger partial charge in [0.2, 0.25) is 0 Å². The lowest BCUT2D eigenvalue weighted by Gasteiger charge is -2.00. The van der Waals surface area contributed by atoms with Crippen molar-refractivity contribution in [1.82, 2.24) is 4.98 Å². The lowest BCUT2D eigenvalue weighted by atomic mass is 10.2. The molecule has 0 unspecified atom stereocenters. The molecule has 1 heterocycles. The summed E-state index contributed by atoms with van der Waals surface area (Å²) in [6.07, 6.45) is 0.578. The molecule has 2 aromatic rings. The van der Waals surface area contributed by atoms with Crippen molar-refractivity contribution >= 4 is 5.97 Å². The van der Waals surface area contributed by atoms with Crippen LogP contribution in [-0.2, 0) is 0 Å². The van der Waals surface area contributed by atoms with E-state index in [1.165, 1.54) is 12.1 Å². The Hall–Kier alpha value is -2.88. The summed E-state index contributed by atoms with van der Waals surface area (Å²) in [6, 6.07) is 5.20. The van der Waals surface area contributed by atoms with Crippen molar-refractivity contribution in [3.05, 3.63) is 41.5 Å². The number of aromatic nitrogens is 1. The molecule has 90 valence electrons. The molecular weight excluding hydrogens is 243 g/mol. The zero-order valence-corrected chi connectivity index (χ0v) is 8.75. The number of ether oxygens (including phenoxy) is 1. The van der Waals surface area contributed by atoms with Crippen molar-refractivity contribution in [3.63, 3.8) is 0 Å². The van der Waals surface area contributed by atoms with E-state index >= 15 is 0 Å². The quantitative estimate of drug-likeness (QED) is 0.894. The zero-order valence-electron chi connectivity index (χ0n) is 8.75. The van der Waals surface area contributed by atoms with Crippen LogP contribution in [0.2, 0.25) is 0 Å². The fourth-order valence-electron chi connectivity index (χ4n) is 1.15. The molecule has 18 heavy (non-hydrogen) atoms. The number of carboxylic acids is 1. The molecule has 0 bridgehead atoms. The molecule has 0 saturated heterocycles. The third kappa shape index (κ3) is 2.27. The number of halogens is 1. The predicted octanol–water partition coefficient (Wildman–Crippen LogP) is 2.18. The van der Waals surface area contributed by atoms with Gasteiger partial charge in [0, 0.05) is 6.07 Å². The first-order valence-electron chi connectivity index (χ1n) is 4.66. The normalized spacial score (nSPS) is 9.78. The smallest absolute Gasteiger partial charge is 0.399 e. The van der Waals surface area contributed by atoms with E-state index in [9.17, 15) is 9.18 Å². The Morgan fingerprint density at radius 3 is 2.89 bits per heavy atom. The first-order chi connectivity index (χ1) is 8.60. The van der Waals surface area contributed by atoms with Gasteiger partial charge in [-0.2, -0.15) is 10.2 Å². The van der Waals surface area contributed by atoms with Gasteiger partial charge in [-0.3, -0.25) is 0 Å². The molecule has 0 fully saturated rings. The first-order valence-corrected chi connectivity index (χ1v) is 4.66. The number of rotatable bonds is 3. The summed E-state index contributed by atoms with van der Waals surface area (Å²) in [6.45, 7) is 0. The average Bonchev–Trinajstić information content (AvgIpc) is 2.78. The molecule has 0 saturated carbocycles. The summed E-state index contributed by atoms with van der Waals surface area (Å²) in [7, 11) is 0. The minimum atomic E-state index is -1.26. The molecular formula is C11H5FN2O4. The summed E-state index contributed by atoms with van der Waals surface area (Å²) in [5, 5.41) is 17.1. The highest BCUT2D eigenvalue weighted by molar-refractivity contribution is 5.84. The summed E-state index contributed by atoms with van der Waals surface area (Å²) >= 11 is 0. The maximum Gasteiger partial charge on any atom is 0.399 e. The fraction of sp³-hybridized carbons (Fsp3) is 0. The van der Waals surface area contributed by atoms with Crippen LogP contribution in [0.25, 0.3) is 0 Å². The van der Waals surface area contributed by atoms with Gasteiger partial charge in [-0.05, 0) is 12.1 Å². The lowest BCUT2D eigenvalue weighted by molar-refractivity contribution is 0.0690. The Morgan fingerprint density at radius 1 is 1.56 bits per heavy atom. The Bertz CT molecular complexity index is 645. The fourth-order valence-corrected chi connectivity index (χ4v) is 1.15. The van der Waals surface area contributed by atoms with Crippen molar-refractivity contribution in [3.8, 4) is 17.9 Å². The average molecular weight is 248 g/mol. The van der Waals surface area contributed by atoms with Gasteiger partial charge in [-0.1, -0.05) is 0 Å². The largest absolute Gasteiger partial charge is 0.476 e. The Kier molecular flexibility index (Phi) is 2.93. The number of aromatic carboxylic acids is 1. The van der Waals surface area contributed by atoms with Gasteiger partial charge in [0.1, 0.15) is 23.9 Å². The molecule has 2 rings (SSSR count). The van der Waals surface area contributed by atoms with Gasteiger partial charge < -0.3 is 14.3 Å². The minimum absolute atomic E-state index is 0.0466. The van der Waals surface area contributed by atoms with Crippen molar-refractivity contribution < 1.29 is 23.4 Å². The van der Waals surface area contributed by atoms with Crippen molar-refractivity contribution in [2.75, 3.05) is 0 Å². The predicted molar refractivity (Wildman–Crippen MR) is 54.7 cm³/mol. The van der Waals surface area contributed by atoms with Gasteiger partial charge in [-0.25, -0.2) is 9.18 Å². The zero-order chi connectivity index (χ0) is 13.1. The van der Waals surface area contributed by atoms with Crippen LogP contribution >= 0.6 is 0 Å². The number of hydrogen-bond acceptors (Lipinski definition) is 5. The number of benzene rings is 1. The molecule has 6 nitrogen and oxygen atoms in total. The van der Waals surface area contributed by atoms with E-state index < -0.39 is 11.8 Å². The minimum Gasteiger partial charge on any atom is -0.476 e. The lowest BCUT2D eigenvalue weighted by Crippen LogP contribution is -1.96. The number of nitrogens with zero attached hydrogens (tertiary/aromatic N) is 2. The highest BCUT2D eigenvalue weighted by Gasteiger charge is 2.12. The van der Waals surface area contributed by atoms with E-state index in [1.54, 1.807) is 6.07 Å². The van der Waals surface area contributed by atoms with E-state index in [0.29, 0.717) is 0 Å². The van der Waals surface area contributed by atoms with Crippen LogP contribution in [0.5, 0.6) is 11.8 Å². The van der Waals surface area contributed by atoms with Gasteiger partial charge in [-0.15, -0.1) is 0 Å².